The number of nitrogens with one attached hydrogen (secondary N) is 1. The Labute approximate surface area is 99.6 Å². The van der Waals surface area contributed by atoms with Gasteiger partial charge in [0, 0.05) is 6.54 Å². The number of amides is 1. The molecule has 0 radical (unpaired) electrons. The number of unbranched alkanes of at least 4 members (excludes halogenated alkanes) is 1. The maximum atomic E-state index is 11.6. The van der Waals surface area contributed by atoms with Crippen molar-refractivity contribution in [2.75, 3.05) is 6.54 Å². The van der Waals surface area contributed by atoms with Crippen molar-refractivity contribution in [2.45, 2.75) is 19.8 Å². The van der Waals surface area contributed by atoms with Crippen LogP contribution in [0.15, 0.2) is 22.8 Å². The van der Waals surface area contributed by atoms with Crippen molar-refractivity contribution in [1.82, 2.24) is 10.4 Å². The van der Waals surface area contributed by atoms with Gasteiger partial charge in [0.2, 0.25) is 0 Å². The molecule has 0 unspecified atom stereocenters. The van der Waals surface area contributed by atoms with Crippen molar-refractivity contribution < 1.29 is 9.21 Å². The Morgan fingerprint density at radius 1 is 1.69 bits per heavy atom. The van der Waals surface area contributed by atoms with E-state index in [1.165, 1.54) is 11.3 Å². The van der Waals surface area contributed by atoms with Gasteiger partial charge in [0.25, 0.3) is 0 Å². The van der Waals surface area contributed by atoms with Crippen molar-refractivity contribution >= 4 is 23.2 Å². The van der Waals surface area contributed by atoms with Crippen molar-refractivity contribution in [3.8, 4) is 0 Å². The molecule has 88 valence electrons. The van der Waals surface area contributed by atoms with Gasteiger partial charge in [-0.3, -0.25) is 15.2 Å². The highest BCUT2D eigenvalue weighted by atomic mass is 32.1. The summed E-state index contributed by atoms with van der Waals surface area (Å²) in [6, 6.07) is 3.22. The molecule has 1 amide bonds. The second-order valence-corrected chi connectivity index (χ2v) is 3.68. The van der Waals surface area contributed by atoms with Gasteiger partial charge in [-0.25, -0.2) is 0 Å². The van der Waals surface area contributed by atoms with Gasteiger partial charge < -0.3 is 10.2 Å². The van der Waals surface area contributed by atoms with E-state index >= 15 is 0 Å². The molecule has 3 N–H and O–H groups in total. The molecule has 0 aliphatic heterocycles. The number of hydrazine groups is 1. The molecule has 1 rings (SSSR count). The molecule has 5 nitrogen and oxygen atoms in total. The van der Waals surface area contributed by atoms with Gasteiger partial charge in [-0.05, 0) is 30.8 Å². The number of nitrogens with two attached hydrogens (primary N) is 1. The molecule has 1 aromatic heterocycles. The second kappa shape index (κ2) is 6.12. The number of hydrogen-bond donors (Lipinski definition) is 2. The number of hydrogen-bond acceptors (Lipinski definition) is 3. The van der Waals surface area contributed by atoms with E-state index in [2.05, 4.69) is 5.43 Å². The van der Waals surface area contributed by atoms with E-state index in [-0.39, 0.29) is 16.8 Å². The predicted molar refractivity (Wildman–Crippen MR) is 64.6 cm³/mol. The quantitative estimate of drug-likeness (QED) is 0.613. The molecule has 0 aromatic carbocycles. The molecule has 1 aromatic rings. The van der Waals surface area contributed by atoms with E-state index in [0.717, 1.165) is 12.8 Å². The summed E-state index contributed by atoms with van der Waals surface area (Å²) in [5.41, 5.74) is 8.08. The lowest BCUT2D eigenvalue weighted by Gasteiger charge is -2.22. The van der Waals surface area contributed by atoms with Crippen LogP contribution in [0, 0.1) is 0 Å². The Hall–Kier alpha value is -1.56. The highest BCUT2D eigenvalue weighted by molar-refractivity contribution is 7.80. The van der Waals surface area contributed by atoms with Crippen LogP contribution in [0.2, 0.25) is 0 Å². The Morgan fingerprint density at radius 3 is 2.94 bits per heavy atom. The molecular weight excluding hydrogens is 226 g/mol. The molecule has 6 heteroatoms. The van der Waals surface area contributed by atoms with Crippen LogP contribution >= 0.6 is 12.2 Å². The van der Waals surface area contributed by atoms with Crippen molar-refractivity contribution in [3.05, 3.63) is 24.2 Å². The monoisotopic (exact) mass is 241 g/mol. The zero-order chi connectivity index (χ0) is 12.0. The molecule has 0 spiro atoms. The third-order valence-corrected chi connectivity index (χ3v) is 2.20. The highest BCUT2D eigenvalue weighted by Crippen LogP contribution is 2.00. The number of nitrogens with zero attached hydrogens (tertiary/aromatic N) is 1. The van der Waals surface area contributed by atoms with Gasteiger partial charge in [-0.2, -0.15) is 0 Å². The number of thiocarbonyl (C=S) groups is 1. The lowest BCUT2D eigenvalue weighted by atomic mass is 10.3. The normalized spacial score (nSPS) is 9.81. The van der Waals surface area contributed by atoms with Crippen LogP contribution in [-0.4, -0.2) is 22.6 Å². The number of carbonyl (C=O) groups is 1. The lowest BCUT2D eigenvalue weighted by molar-refractivity contribution is 0.0841. The average Bonchev–Trinajstić information content (AvgIpc) is 2.76. The van der Waals surface area contributed by atoms with Gasteiger partial charge in [0.05, 0.1) is 6.26 Å². The summed E-state index contributed by atoms with van der Waals surface area (Å²) in [6.45, 7) is 2.64. The first-order chi connectivity index (χ1) is 7.65. The van der Waals surface area contributed by atoms with E-state index in [1.807, 2.05) is 6.92 Å². The molecule has 0 fully saturated rings. The Morgan fingerprint density at radius 2 is 2.44 bits per heavy atom. The summed E-state index contributed by atoms with van der Waals surface area (Å²) in [5, 5.41) is 1.59. The molecule has 0 saturated heterocycles. The first kappa shape index (κ1) is 12.5. The van der Waals surface area contributed by atoms with Gasteiger partial charge in [-0.1, -0.05) is 13.3 Å². The van der Waals surface area contributed by atoms with E-state index in [1.54, 1.807) is 12.1 Å². The largest absolute Gasteiger partial charge is 0.459 e. The van der Waals surface area contributed by atoms with Crippen LogP contribution < -0.4 is 11.2 Å². The second-order valence-electron chi connectivity index (χ2n) is 3.26. The molecule has 16 heavy (non-hydrogen) atoms. The maximum Gasteiger partial charge on any atom is 0.305 e. The first-order valence-corrected chi connectivity index (χ1v) is 5.47. The summed E-state index contributed by atoms with van der Waals surface area (Å²) in [6.07, 6.45) is 3.33. The van der Waals surface area contributed by atoms with Crippen LogP contribution in [0.3, 0.4) is 0 Å². The Balaban J connectivity index is 2.54. The van der Waals surface area contributed by atoms with Crippen LogP contribution in [0.25, 0.3) is 0 Å². The van der Waals surface area contributed by atoms with Crippen LogP contribution in [0.5, 0.6) is 0 Å². The van der Waals surface area contributed by atoms with Gasteiger partial charge in [0.1, 0.15) is 0 Å². The van der Waals surface area contributed by atoms with Crippen LogP contribution in [0.4, 0.5) is 0 Å². The fraction of sp³-hybridized carbons (Fsp3) is 0.400. The van der Waals surface area contributed by atoms with Crippen LogP contribution in [0.1, 0.15) is 30.3 Å². The minimum Gasteiger partial charge on any atom is -0.459 e. The summed E-state index contributed by atoms with van der Waals surface area (Å²) < 4.78 is 4.96. The third-order valence-electron chi connectivity index (χ3n) is 1.98. The SMILES string of the molecule is CCCCN(NC(=O)c1ccco1)C(N)=S. The number of furan rings is 1. The fourth-order valence-electron chi connectivity index (χ4n) is 1.12. The van der Waals surface area contributed by atoms with E-state index in [0.29, 0.717) is 6.54 Å². The standard InChI is InChI=1S/C10H15N3O2S/c1-2-3-6-13(10(11)16)12-9(14)8-5-4-7-15-8/h4-5,7H,2-3,6H2,1H3,(H2,11,16)(H,12,14). The predicted octanol–water partition coefficient (Wildman–Crippen LogP) is 1.27. The molecule has 0 atom stereocenters. The number of rotatable bonds is 4. The van der Waals surface area contributed by atoms with Gasteiger partial charge in [-0.15, -0.1) is 0 Å². The molecule has 0 saturated carbocycles. The van der Waals surface area contributed by atoms with Crippen molar-refractivity contribution in [3.63, 3.8) is 0 Å². The van der Waals surface area contributed by atoms with Gasteiger partial charge in [0.15, 0.2) is 10.9 Å². The number of carbonyl (C=O) groups excluding carboxylic acids is 1. The van der Waals surface area contributed by atoms with Crippen molar-refractivity contribution in [1.29, 1.82) is 0 Å². The summed E-state index contributed by atoms with van der Waals surface area (Å²) >= 11 is 4.84. The average molecular weight is 241 g/mol. The maximum absolute atomic E-state index is 11.6. The van der Waals surface area contributed by atoms with Crippen LogP contribution in [-0.2, 0) is 0 Å². The smallest absolute Gasteiger partial charge is 0.305 e. The fourth-order valence-corrected chi connectivity index (χ4v) is 1.26. The Bertz CT molecular complexity index is 351. The minimum absolute atomic E-state index is 0.147. The molecular formula is C10H15N3O2S. The lowest BCUT2D eigenvalue weighted by Crippen LogP contribution is -2.49. The summed E-state index contributed by atoms with van der Waals surface area (Å²) in [5.74, 6) is -0.119. The topological polar surface area (TPSA) is 71.5 Å². The molecule has 0 aliphatic carbocycles. The summed E-state index contributed by atoms with van der Waals surface area (Å²) in [4.78, 5) is 11.6. The van der Waals surface area contributed by atoms with E-state index in [9.17, 15) is 4.79 Å². The zero-order valence-electron chi connectivity index (χ0n) is 9.10. The van der Waals surface area contributed by atoms with Crippen molar-refractivity contribution in [2.24, 2.45) is 5.73 Å². The summed E-state index contributed by atoms with van der Waals surface area (Å²) in [7, 11) is 0. The minimum atomic E-state index is -0.353. The molecule has 0 aliphatic rings. The highest BCUT2D eigenvalue weighted by Gasteiger charge is 2.13. The van der Waals surface area contributed by atoms with E-state index in [4.69, 9.17) is 22.4 Å². The zero-order valence-corrected chi connectivity index (χ0v) is 9.92. The Kier molecular flexibility index (Phi) is 4.78. The molecule has 1 heterocycles. The third kappa shape index (κ3) is 3.54. The van der Waals surface area contributed by atoms with E-state index < -0.39 is 0 Å². The first-order valence-electron chi connectivity index (χ1n) is 5.06. The molecule has 0 bridgehead atoms. The van der Waals surface area contributed by atoms with Gasteiger partial charge >= 0.3 is 5.91 Å².